The zero-order valence-corrected chi connectivity index (χ0v) is 16.5. The number of amides is 3. The van der Waals surface area contributed by atoms with Crippen molar-refractivity contribution in [3.63, 3.8) is 0 Å². The van der Waals surface area contributed by atoms with Crippen LogP contribution in [0.25, 0.3) is 0 Å². The van der Waals surface area contributed by atoms with Crippen LogP contribution in [-0.4, -0.2) is 53.2 Å². The molecule has 2 aromatic carbocycles. The lowest BCUT2D eigenvalue weighted by atomic mass is 9.95. The Labute approximate surface area is 170 Å². The maximum atomic E-state index is 13.1. The highest BCUT2D eigenvalue weighted by Gasteiger charge is 2.37. The van der Waals surface area contributed by atoms with Crippen molar-refractivity contribution in [2.45, 2.75) is 31.7 Å². The van der Waals surface area contributed by atoms with E-state index >= 15 is 0 Å². The Balaban J connectivity index is 1.54. The zero-order valence-electron chi connectivity index (χ0n) is 16.5. The van der Waals surface area contributed by atoms with Crippen LogP contribution in [0.2, 0.25) is 0 Å². The van der Waals surface area contributed by atoms with Crippen molar-refractivity contribution in [1.82, 2.24) is 9.80 Å². The van der Waals surface area contributed by atoms with Gasteiger partial charge in [-0.3, -0.25) is 19.3 Å². The van der Waals surface area contributed by atoms with Gasteiger partial charge in [-0.1, -0.05) is 43.7 Å². The van der Waals surface area contributed by atoms with Gasteiger partial charge < -0.3 is 10.6 Å². The number of hydrogen-bond donors (Lipinski definition) is 1. The highest BCUT2D eigenvalue weighted by molar-refractivity contribution is 6.22. The first kappa shape index (κ1) is 19.3. The van der Waals surface area contributed by atoms with Crippen molar-refractivity contribution in [3.8, 4) is 0 Å². The Hall–Kier alpha value is -2.99. The summed E-state index contributed by atoms with van der Waals surface area (Å²) in [5.74, 6) is -0.658. The van der Waals surface area contributed by atoms with Crippen LogP contribution in [0, 0.1) is 0 Å². The molecular weight excluding hydrogens is 366 g/mol. The Kier molecular flexibility index (Phi) is 5.20. The van der Waals surface area contributed by atoms with Gasteiger partial charge in [0.1, 0.15) is 0 Å². The van der Waals surface area contributed by atoms with E-state index in [1.165, 1.54) is 4.90 Å². The van der Waals surface area contributed by atoms with Gasteiger partial charge in [0.25, 0.3) is 17.7 Å². The molecule has 2 aliphatic rings. The first-order valence-corrected chi connectivity index (χ1v) is 10.1. The third kappa shape index (κ3) is 3.44. The summed E-state index contributed by atoms with van der Waals surface area (Å²) >= 11 is 0. The fourth-order valence-electron chi connectivity index (χ4n) is 4.17. The fraction of sp³-hybridized carbons (Fsp3) is 0.348. The molecule has 1 fully saturated rings. The molecule has 1 saturated heterocycles. The van der Waals surface area contributed by atoms with Gasteiger partial charge in [0.2, 0.25) is 0 Å². The number of nitrogens with zero attached hydrogens (tertiary/aromatic N) is 2. The first-order valence-electron chi connectivity index (χ1n) is 10.1. The molecule has 0 aliphatic carbocycles. The molecule has 2 aliphatic heterocycles. The van der Waals surface area contributed by atoms with E-state index in [1.807, 2.05) is 37.3 Å². The monoisotopic (exact) mass is 391 g/mol. The molecule has 0 aromatic heterocycles. The molecule has 2 atom stereocenters. The summed E-state index contributed by atoms with van der Waals surface area (Å²) in [5.41, 5.74) is 8.55. The average molecular weight is 391 g/mol. The van der Waals surface area contributed by atoms with Gasteiger partial charge in [-0.15, -0.1) is 0 Å². The van der Waals surface area contributed by atoms with Crippen molar-refractivity contribution in [2.75, 3.05) is 19.6 Å². The summed E-state index contributed by atoms with van der Waals surface area (Å²) in [6, 6.07) is 14.6. The summed E-state index contributed by atoms with van der Waals surface area (Å²) in [7, 11) is 0. The number of carbonyl (C=O) groups excluding carboxylic acids is 3. The largest absolute Gasteiger partial charge is 0.336 e. The van der Waals surface area contributed by atoms with Crippen molar-refractivity contribution in [3.05, 3.63) is 70.8 Å². The maximum Gasteiger partial charge on any atom is 0.261 e. The van der Waals surface area contributed by atoms with Crippen LogP contribution in [0.1, 0.15) is 62.3 Å². The summed E-state index contributed by atoms with van der Waals surface area (Å²) < 4.78 is 0. The second-order valence-corrected chi connectivity index (χ2v) is 7.77. The molecule has 2 N–H and O–H groups in total. The van der Waals surface area contributed by atoms with E-state index in [2.05, 4.69) is 0 Å². The van der Waals surface area contributed by atoms with Crippen LogP contribution in [0.4, 0.5) is 0 Å². The second kappa shape index (κ2) is 7.79. The molecular formula is C23H25N3O3. The number of imide groups is 1. The number of nitrogens with two attached hydrogens (primary N) is 1. The normalized spacial score (nSPS) is 21.0. The SMILES string of the molecule is CCCCN1C(=O)c2ccc(C(=O)N3C[C@@H](N)[C@H](c4ccccc4)C3)cc2C1=O. The average Bonchev–Trinajstić information content (AvgIpc) is 3.24. The zero-order chi connectivity index (χ0) is 20.5. The lowest BCUT2D eigenvalue weighted by Crippen LogP contribution is -2.32. The molecule has 0 bridgehead atoms. The van der Waals surface area contributed by atoms with E-state index < -0.39 is 0 Å². The lowest BCUT2D eigenvalue weighted by Gasteiger charge is -2.17. The summed E-state index contributed by atoms with van der Waals surface area (Å²) in [4.78, 5) is 41.2. The predicted molar refractivity (Wildman–Crippen MR) is 110 cm³/mol. The summed E-state index contributed by atoms with van der Waals surface area (Å²) in [6.45, 7) is 3.42. The van der Waals surface area contributed by atoms with E-state index in [0.717, 1.165) is 18.4 Å². The Bertz CT molecular complexity index is 957. The smallest absolute Gasteiger partial charge is 0.261 e. The molecule has 29 heavy (non-hydrogen) atoms. The van der Waals surface area contributed by atoms with Crippen LogP contribution < -0.4 is 5.73 Å². The number of hydrogen-bond acceptors (Lipinski definition) is 4. The predicted octanol–water partition coefficient (Wildman–Crippen LogP) is 2.65. The van der Waals surface area contributed by atoms with E-state index in [0.29, 0.717) is 36.3 Å². The molecule has 0 saturated carbocycles. The number of carbonyl (C=O) groups is 3. The van der Waals surface area contributed by atoms with E-state index in [-0.39, 0.29) is 29.7 Å². The number of fused-ring (bicyclic) bond motifs is 1. The number of rotatable bonds is 5. The van der Waals surface area contributed by atoms with Gasteiger partial charge in [-0.25, -0.2) is 0 Å². The molecule has 3 amide bonds. The Morgan fingerprint density at radius 3 is 2.48 bits per heavy atom. The van der Waals surface area contributed by atoms with Crippen LogP contribution >= 0.6 is 0 Å². The van der Waals surface area contributed by atoms with Gasteiger partial charge in [0.05, 0.1) is 11.1 Å². The highest BCUT2D eigenvalue weighted by Crippen LogP contribution is 2.29. The van der Waals surface area contributed by atoms with Crippen molar-refractivity contribution >= 4 is 17.7 Å². The van der Waals surface area contributed by atoms with Crippen molar-refractivity contribution in [1.29, 1.82) is 0 Å². The molecule has 0 spiro atoms. The number of unbranched alkanes of at least 4 members (excludes halogenated alkanes) is 1. The minimum absolute atomic E-state index is 0.0855. The highest BCUT2D eigenvalue weighted by atomic mass is 16.2. The maximum absolute atomic E-state index is 13.1. The molecule has 6 nitrogen and oxygen atoms in total. The van der Waals surface area contributed by atoms with Gasteiger partial charge in [0, 0.05) is 37.2 Å². The fourth-order valence-corrected chi connectivity index (χ4v) is 4.17. The van der Waals surface area contributed by atoms with Gasteiger partial charge in [0.15, 0.2) is 0 Å². The summed E-state index contributed by atoms with van der Waals surface area (Å²) in [5, 5.41) is 0. The Morgan fingerprint density at radius 2 is 1.76 bits per heavy atom. The van der Waals surface area contributed by atoms with E-state index in [4.69, 9.17) is 5.73 Å². The molecule has 4 rings (SSSR count). The topological polar surface area (TPSA) is 83.7 Å². The van der Waals surface area contributed by atoms with Crippen LogP contribution in [0.15, 0.2) is 48.5 Å². The third-order valence-electron chi connectivity index (χ3n) is 5.83. The second-order valence-electron chi connectivity index (χ2n) is 7.77. The molecule has 6 heteroatoms. The summed E-state index contributed by atoms with van der Waals surface area (Å²) in [6.07, 6.45) is 1.67. The van der Waals surface area contributed by atoms with Crippen LogP contribution in [-0.2, 0) is 0 Å². The van der Waals surface area contributed by atoms with Gasteiger partial charge >= 0.3 is 0 Å². The standard InChI is InChI=1S/C23H25N3O3/c1-2-3-11-26-22(28)17-10-9-16(12-18(17)23(26)29)21(27)25-13-19(20(24)14-25)15-7-5-4-6-8-15/h4-10,12,19-20H,2-3,11,13-14,24H2,1H3/t19-,20+/m0/s1. The molecule has 2 heterocycles. The van der Waals surface area contributed by atoms with Crippen molar-refractivity contribution < 1.29 is 14.4 Å². The van der Waals surface area contributed by atoms with Crippen molar-refractivity contribution in [2.24, 2.45) is 5.73 Å². The van der Waals surface area contributed by atoms with Gasteiger partial charge in [-0.05, 0) is 30.2 Å². The third-order valence-corrected chi connectivity index (χ3v) is 5.83. The molecule has 0 unspecified atom stereocenters. The Morgan fingerprint density at radius 1 is 1.03 bits per heavy atom. The first-order chi connectivity index (χ1) is 14.0. The lowest BCUT2D eigenvalue weighted by molar-refractivity contribution is 0.0652. The number of benzene rings is 2. The quantitative estimate of drug-likeness (QED) is 0.794. The van der Waals surface area contributed by atoms with Crippen LogP contribution in [0.3, 0.4) is 0 Å². The number of likely N-dealkylation sites (tertiary alicyclic amines) is 1. The molecule has 2 aromatic rings. The minimum atomic E-state index is -0.312. The van der Waals surface area contributed by atoms with E-state index in [1.54, 1.807) is 23.1 Å². The van der Waals surface area contributed by atoms with E-state index in [9.17, 15) is 14.4 Å². The van der Waals surface area contributed by atoms with Gasteiger partial charge in [-0.2, -0.15) is 0 Å². The molecule has 150 valence electrons. The minimum Gasteiger partial charge on any atom is -0.336 e. The molecule has 0 radical (unpaired) electrons. The van der Waals surface area contributed by atoms with Crippen LogP contribution in [0.5, 0.6) is 0 Å².